The van der Waals surface area contributed by atoms with Crippen molar-refractivity contribution >= 4 is 5.91 Å². The molecule has 1 amide bonds. The number of halogens is 1. The highest BCUT2D eigenvalue weighted by Gasteiger charge is 2.37. The molecule has 0 aliphatic heterocycles. The van der Waals surface area contributed by atoms with Gasteiger partial charge >= 0.3 is 0 Å². The van der Waals surface area contributed by atoms with Crippen molar-refractivity contribution in [1.82, 2.24) is 10.3 Å². The number of carbonyl (C=O) groups excluding carboxylic acids is 1. The number of aromatic nitrogens is 1. The Labute approximate surface area is 145 Å². The summed E-state index contributed by atoms with van der Waals surface area (Å²) in [6, 6.07) is 9.12. The summed E-state index contributed by atoms with van der Waals surface area (Å²) < 4.78 is 18.6. The van der Waals surface area contributed by atoms with Crippen LogP contribution in [-0.2, 0) is 6.61 Å². The van der Waals surface area contributed by atoms with Crippen LogP contribution in [0.1, 0.15) is 42.1 Å². The molecule has 2 N–H and O–H groups in total. The molecule has 2 atom stereocenters. The summed E-state index contributed by atoms with van der Waals surface area (Å²) in [6.07, 6.45) is 3.77. The van der Waals surface area contributed by atoms with Crippen molar-refractivity contribution in [3.05, 3.63) is 59.5 Å². The lowest BCUT2D eigenvalue weighted by Gasteiger charge is -2.26. The fourth-order valence-corrected chi connectivity index (χ4v) is 3.00. The van der Waals surface area contributed by atoms with Crippen LogP contribution in [0.4, 0.5) is 4.39 Å². The van der Waals surface area contributed by atoms with Gasteiger partial charge in [-0.3, -0.25) is 4.79 Å². The van der Waals surface area contributed by atoms with Crippen LogP contribution in [0.5, 0.6) is 5.88 Å². The molecule has 1 fully saturated rings. The first-order valence-electron chi connectivity index (χ1n) is 8.30. The van der Waals surface area contributed by atoms with Gasteiger partial charge in [0.1, 0.15) is 12.4 Å². The van der Waals surface area contributed by atoms with E-state index in [-0.39, 0.29) is 24.4 Å². The number of amides is 1. The largest absolute Gasteiger partial charge is 0.473 e. The Kier molecular flexibility index (Phi) is 4.99. The lowest BCUT2D eigenvalue weighted by atomic mass is 10.0. The molecule has 25 heavy (non-hydrogen) atoms. The summed E-state index contributed by atoms with van der Waals surface area (Å²) in [4.78, 5) is 16.4. The molecule has 0 spiro atoms. The summed E-state index contributed by atoms with van der Waals surface area (Å²) >= 11 is 0. The van der Waals surface area contributed by atoms with Crippen LogP contribution < -0.4 is 10.1 Å². The van der Waals surface area contributed by atoms with Crippen LogP contribution in [0.15, 0.2) is 42.6 Å². The number of carbonyl (C=O) groups is 1. The molecule has 3 rings (SSSR count). The van der Waals surface area contributed by atoms with Gasteiger partial charge in [0.2, 0.25) is 5.88 Å². The van der Waals surface area contributed by atoms with E-state index < -0.39 is 5.60 Å². The summed E-state index contributed by atoms with van der Waals surface area (Å²) in [5.74, 6) is -0.228. The van der Waals surface area contributed by atoms with E-state index >= 15 is 0 Å². The van der Waals surface area contributed by atoms with Crippen LogP contribution in [0.3, 0.4) is 0 Å². The van der Waals surface area contributed by atoms with E-state index in [1.54, 1.807) is 31.2 Å². The minimum atomic E-state index is -0.864. The van der Waals surface area contributed by atoms with Crippen LogP contribution in [0.25, 0.3) is 0 Å². The minimum Gasteiger partial charge on any atom is -0.473 e. The van der Waals surface area contributed by atoms with Gasteiger partial charge in [0.05, 0.1) is 17.2 Å². The van der Waals surface area contributed by atoms with E-state index in [2.05, 4.69) is 10.3 Å². The van der Waals surface area contributed by atoms with Crippen LogP contribution >= 0.6 is 0 Å². The molecule has 1 aliphatic rings. The Morgan fingerprint density at radius 2 is 2.28 bits per heavy atom. The maximum Gasteiger partial charge on any atom is 0.253 e. The van der Waals surface area contributed by atoms with Crippen molar-refractivity contribution in [2.24, 2.45) is 0 Å². The third kappa shape index (κ3) is 4.33. The predicted octanol–water partition coefficient (Wildman–Crippen LogP) is 2.83. The van der Waals surface area contributed by atoms with Gasteiger partial charge in [-0.25, -0.2) is 9.37 Å². The van der Waals surface area contributed by atoms with Gasteiger partial charge in [-0.1, -0.05) is 12.1 Å². The zero-order valence-electron chi connectivity index (χ0n) is 14.0. The fourth-order valence-electron chi connectivity index (χ4n) is 3.00. The fraction of sp³-hybridized carbons (Fsp3) is 0.368. The van der Waals surface area contributed by atoms with Crippen LogP contribution in [-0.4, -0.2) is 27.6 Å². The molecule has 5 nitrogen and oxygen atoms in total. The Morgan fingerprint density at radius 3 is 2.92 bits per heavy atom. The van der Waals surface area contributed by atoms with E-state index in [1.807, 2.05) is 0 Å². The Bertz CT molecular complexity index is 747. The maximum absolute atomic E-state index is 13.1. The summed E-state index contributed by atoms with van der Waals surface area (Å²) in [5.41, 5.74) is 0.241. The second kappa shape index (κ2) is 7.19. The number of pyridine rings is 1. The Hall–Kier alpha value is -2.47. The Balaban J connectivity index is 1.57. The average Bonchev–Trinajstić information content (AvgIpc) is 2.92. The van der Waals surface area contributed by atoms with Gasteiger partial charge in [-0.05, 0) is 49.9 Å². The number of benzene rings is 1. The second-order valence-corrected chi connectivity index (χ2v) is 6.58. The first-order chi connectivity index (χ1) is 11.9. The third-order valence-electron chi connectivity index (χ3n) is 4.51. The number of rotatable bonds is 5. The molecule has 0 bridgehead atoms. The van der Waals surface area contributed by atoms with Gasteiger partial charge in [-0.15, -0.1) is 0 Å². The minimum absolute atomic E-state index is 0.196. The molecular formula is C19H21FN2O3. The van der Waals surface area contributed by atoms with Crippen LogP contribution in [0, 0.1) is 5.82 Å². The van der Waals surface area contributed by atoms with E-state index in [1.165, 1.54) is 18.3 Å². The first kappa shape index (κ1) is 17.4. The molecule has 1 aromatic carbocycles. The van der Waals surface area contributed by atoms with Crippen LogP contribution in [0.2, 0.25) is 0 Å². The zero-order valence-corrected chi connectivity index (χ0v) is 14.0. The quantitative estimate of drug-likeness (QED) is 0.875. The van der Waals surface area contributed by atoms with Gasteiger partial charge in [-0.2, -0.15) is 0 Å². The average molecular weight is 344 g/mol. The highest BCUT2D eigenvalue weighted by Crippen LogP contribution is 2.29. The SMILES string of the molecule is C[C@]1(O)CCC[C@@H]1NC(=O)c1ccc(OCc2cccc(F)c2)nc1. The lowest BCUT2D eigenvalue weighted by Crippen LogP contribution is -2.47. The molecule has 1 aliphatic carbocycles. The number of nitrogens with zero attached hydrogens (tertiary/aromatic N) is 1. The van der Waals surface area contributed by atoms with Gasteiger partial charge < -0.3 is 15.2 Å². The number of nitrogens with one attached hydrogen (secondary N) is 1. The number of ether oxygens (including phenoxy) is 1. The van der Waals surface area contributed by atoms with Crippen molar-refractivity contribution < 1.29 is 19.0 Å². The maximum atomic E-state index is 13.1. The van der Waals surface area contributed by atoms with Gasteiger partial charge in [0.25, 0.3) is 5.91 Å². The monoisotopic (exact) mass is 344 g/mol. The molecular weight excluding hydrogens is 323 g/mol. The molecule has 0 saturated heterocycles. The topological polar surface area (TPSA) is 71.5 Å². The highest BCUT2D eigenvalue weighted by molar-refractivity contribution is 5.94. The highest BCUT2D eigenvalue weighted by atomic mass is 19.1. The number of aliphatic hydroxyl groups is 1. The van der Waals surface area contributed by atoms with E-state index in [0.29, 0.717) is 23.4 Å². The normalized spacial score (nSPS) is 22.6. The summed E-state index contributed by atoms with van der Waals surface area (Å²) in [6.45, 7) is 1.94. The Morgan fingerprint density at radius 1 is 1.44 bits per heavy atom. The van der Waals surface area contributed by atoms with Crippen molar-refractivity contribution in [2.75, 3.05) is 0 Å². The van der Waals surface area contributed by atoms with Crippen molar-refractivity contribution in [3.8, 4) is 5.88 Å². The zero-order chi connectivity index (χ0) is 17.9. The van der Waals surface area contributed by atoms with E-state index in [0.717, 1.165) is 12.8 Å². The lowest BCUT2D eigenvalue weighted by molar-refractivity contribution is 0.0368. The number of hydrogen-bond donors (Lipinski definition) is 2. The molecule has 1 saturated carbocycles. The third-order valence-corrected chi connectivity index (χ3v) is 4.51. The smallest absolute Gasteiger partial charge is 0.253 e. The van der Waals surface area contributed by atoms with Crippen molar-refractivity contribution in [1.29, 1.82) is 0 Å². The molecule has 2 aromatic rings. The molecule has 0 unspecified atom stereocenters. The standard InChI is InChI=1S/C19H21FN2O3/c1-19(24)9-3-6-16(19)22-18(23)14-7-8-17(21-11-14)25-12-13-4-2-5-15(20)10-13/h2,4-5,7-8,10-11,16,24H,3,6,9,12H2,1H3,(H,22,23)/t16-,19-/m0/s1. The summed E-state index contributed by atoms with van der Waals surface area (Å²) in [7, 11) is 0. The second-order valence-electron chi connectivity index (χ2n) is 6.58. The van der Waals surface area contributed by atoms with E-state index in [4.69, 9.17) is 4.74 Å². The van der Waals surface area contributed by atoms with E-state index in [9.17, 15) is 14.3 Å². The molecule has 0 radical (unpaired) electrons. The molecule has 1 heterocycles. The van der Waals surface area contributed by atoms with Gasteiger partial charge in [0.15, 0.2) is 0 Å². The van der Waals surface area contributed by atoms with Crippen molar-refractivity contribution in [2.45, 2.75) is 44.4 Å². The molecule has 132 valence electrons. The number of hydrogen-bond acceptors (Lipinski definition) is 4. The molecule has 6 heteroatoms. The summed E-state index contributed by atoms with van der Waals surface area (Å²) in [5, 5.41) is 13.1. The first-order valence-corrected chi connectivity index (χ1v) is 8.30. The van der Waals surface area contributed by atoms with Crippen molar-refractivity contribution in [3.63, 3.8) is 0 Å². The predicted molar refractivity (Wildman–Crippen MR) is 90.7 cm³/mol. The molecule has 1 aromatic heterocycles. The van der Waals surface area contributed by atoms with Gasteiger partial charge in [0, 0.05) is 12.3 Å².